The molecule has 1 aromatic carbocycles. The van der Waals surface area contributed by atoms with Crippen molar-refractivity contribution in [1.82, 2.24) is 15.0 Å². The highest BCUT2D eigenvalue weighted by molar-refractivity contribution is 5.33. The Morgan fingerprint density at radius 1 is 1.36 bits per heavy atom. The zero-order valence-corrected chi connectivity index (χ0v) is 13.5. The number of ether oxygens (including phenoxy) is 1. The maximum absolute atomic E-state index is 13.3. The summed E-state index contributed by atoms with van der Waals surface area (Å²) in [5.74, 6) is 0.639. The molecule has 0 aliphatic carbocycles. The van der Waals surface area contributed by atoms with Crippen LogP contribution in [-0.4, -0.2) is 39.9 Å². The number of benzene rings is 1. The molecule has 9 heteroatoms. The second kappa shape index (κ2) is 7.11. The zero-order chi connectivity index (χ0) is 18.0. The van der Waals surface area contributed by atoms with E-state index in [1.54, 1.807) is 11.0 Å². The van der Waals surface area contributed by atoms with E-state index < -0.39 is 23.9 Å². The van der Waals surface area contributed by atoms with E-state index in [0.717, 1.165) is 6.07 Å². The molecular formula is C16H18F3N3O3. The normalized spacial score (nSPS) is 21.8. The fraction of sp³-hybridized carbons (Fsp3) is 0.500. The van der Waals surface area contributed by atoms with Crippen molar-refractivity contribution in [2.45, 2.75) is 37.9 Å². The maximum Gasteiger partial charge on any atom is 0.416 e. The molecular weight excluding hydrogens is 339 g/mol. The average molecular weight is 357 g/mol. The van der Waals surface area contributed by atoms with Crippen LogP contribution in [-0.2, 0) is 24.1 Å². The van der Waals surface area contributed by atoms with Gasteiger partial charge in [0.2, 0.25) is 5.89 Å². The Balaban J connectivity index is 1.85. The fourth-order valence-corrected chi connectivity index (χ4v) is 3.14. The Kier molecular flexibility index (Phi) is 5.07. The van der Waals surface area contributed by atoms with Gasteiger partial charge < -0.3 is 14.4 Å². The summed E-state index contributed by atoms with van der Waals surface area (Å²) in [6, 6.07) is 4.85. The minimum absolute atomic E-state index is 0.142. The van der Waals surface area contributed by atoms with Crippen LogP contribution in [0.25, 0.3) is 0 Å². The molecule has 2 heterocycles. The second-order valence-electron chi connectivity index (χ2n) is 5.96. The third kappa shape index (κ3) is 4.00. The van der Waals surface area contributed by atoms with Crippen molar-refractivity contribution in [1.29, 1.82) is 0 Å². The van der Waals surface area contributed by atoms with Gasteiger partial charge in [0.1, 0.15) is 6.61 Å². The highest BCUT2D eigenvalue weighted by atomic mass is 19.4. The first kappa shape index (κ1) is 17.8. The number of halogens is 3. The van der Waals surface area contributed by atoms with Crippen LogP contribution in [0.1, 0.15) is 35.3 Å². The molecule has 1 aliphatic heterocycles. The number of rotatable bonds is 5. The summed E-state index contributed by atoms with van der Waals surface area (Å²) in [6.45, 7) is 0.579. The van der Waals surface area contributed by atoms with Gasteiger partial charge in [0.05, 0.1) is 18.2 Å². The molecule has 0 radical (unpaired) electrons. The number of aliphatic hydroxyl groups excluding tert-OH is 1. The molecule has 3 rings (SSSR count). The molecule has 0 spiro atoms. The van der Waals surface area contributed by atoms with Crippen LogP contribution in [0.5, 0.6) is 0 Å². The van der Waals surface area contributed by atoms with Gasteiger partial charge in [-0.1, -0.05) is 23.4 Å². The van der Waals surface area contributed by atoms with E-state index in [9.17, 15) is 18.3 Å². The first-order valence-corrected chi connectivity index (χ1v) is 7.77. The quantitative estimate of drug-likeness (QED) is 0.887. The summed E-state index contributed by atoms with van der Waals surface area (Å²) in [5, 5.41) is 13.7. The molecule has 1 aromatic heterocycles. The van der Waals surface area contributed by atoms with Gasteiger partial charge in [-0.15, -0.1) is 0 Å². The maximum atomic E-state index is 13.3. The van der Waals surface area contributed by atoms with Crippen LogP contribution in [0, 0.1) is 0 Å². The number of likely N-dealkylation sites (tertiary alicyclic amines) is 1. The zero-order valence-electron chi connectivity index (χ0n) is 13.5. The van der Waals surface area contributed by atoms with Crippen LogP contribution in [0.15, 0.2) is 28.8 Å². The highest BCUT2D eigenvalue weighted by Gasteiger charge is 2.40. The molecule has 1 fully saturated rings. The molecule has 1 N–H and O–H groups in total. The molecule has 2 atom stereocenters. The van der Waals surface area contributed by atoms with E-state index in [-0.39, 0.29) is 37.6 Å². The molecule has 136 valence electrons. The number of alkyl halides is 3. The first-order valence-electron chi connectivity index (χ1n) is 7.77. The van der Waals surface area contributed by atoms with Crippen LogP contribution in [0.3, 0.4) is 0 Å². The van der Waals surface area contributed by atoms with E-state index in [4.69, 9.17) is 9.26 Å². The summed E-state index contributed by atoms with van der Waals surface area (Å²) in [7, 11) is 1.50. The van der Waals surface area contributed by atoms with Crippen molar-refractivity contribution in [3.05, 3.63) is 47.1 Å². The number of hydrogen-bond donors (Lipinski definition) is 1. The molecule has 25 heavy (non-hydrogen) atoms. The van der Waals surface area contributed by atoms with E-state index in [0.29, 0.717) is 5.82 Å². The van der Waals surface area contributed by atoms with Crippen LogP contribution in [0.2, 0.25) is 0 Å². The number of nitrogens with zero attached hydrogens (tertiary/aromatic N) is 3. The molecule has 0 saturated carbocycles. The molecule has 1 aliphatic rings. The van der Waals surface area contributed by atoms with Crippen LogP contribution in [0.4, 0.5) is 13.2 Å². The average Bonchev–Trinajstić information content (AvgIpc) is 3.14. The SMILES string of the molecule is COCc1noc(CN2C[C@H](O)C[C@@H]2c2ccccc2C(F)(F)F)n1. The smallest absolute Gasteiger partial charge is 0.392 e. The first-order chi connectivity index (χ1) is 11.9. The van der Waals surface area contributed by atoms with E-state index >= 15 is 0 Å². The van der Waals surface area contributed by atoms with Crippen molar-refractivity contribution < 1.29 is 27.5 Å². The largest absolute Gasteiger partial charge is 0.416 e. The Labute approximate surface area is 142 Å². The summed E-state index contributed by atoms with van der Waals surface area (Å²) in [5.41, 5.74) is -0.548. The van der Waals surface area contributed by atoms with Gasteiger partial charge >= 0.3 is 6.18 Å². The fourth-order valence-electron chi connectivity index (χ4n) is 3.14. The summed E-state index contributed by atoms with van der Waals surface area (Å²) >= 11 is 0. The van der Waals surface area contributed by atoms with Crippen molar-refractivity contribution in [3.8, 4) is 0 Å². The lowest BCUT2D eigenvalue weighted by Gasteiger charge is -2.25. The number of methoxy groups -OCH3 is 1. The topological polar surface area (TPSA) is 71.6 Å². The second-order valence-corrected chi connectivity index (χ2v) is 5.96. The van der Waals surface area contributed by atoms with E-state index in [1.165, 1.54) is 19.2 Å². The number of hydrogen-bond acceptors (Lipinski definition) is 6. The standard InChI is InChI=1S/C16H18F3N3O3/c1-24-9-14-20-15(25-21-14)8-22-7-10(23)6-13(22)11-4-2-3-5-12(11)16(17,18)19/h2-5,10,13,23H,6-9H2,1H3/t10-,13-/m1/s1. The van der Waals surface area contributed by atoms with Gasteiger partial charge in [0, 0.05) is 19.7 Å². The van der Waals surface area contributed by atoms with E-state index in [1.807, 2.05) is 0 Å². The molecule has 0 unspecified atom stereocenters. The Morgan fingerprint density at radius 2 is 2.12 bits per heavy atom. The number of aliphatic hydroxyl groups is 1. The van der Waals surface area contributed by atoms with E-state index in [2.05, 4.69) is 10.1 Å². The Bertz CT molecular complexity index is 720. The monoisotopic (exact) mass is 357 g/mol. The van der Waals surface area contributed by atoms with Gasteiger partial charge in [-0.3, -0.25) is 4.90 Å². The molecule has 0 bridgehead atoms. The van der Waals surface area contributed by atoms with Gasteiger partial charge in [-0.25, -0.2) is 0 Å². The minimum Gasteiger partial charge on any atom is -0.392 e. The van der Waals surface area contributed by atoms with Crippen LogP contribution >= 0.6 is 0 Å². The third-order valence-electron chi connectivity index (χ3n) is 4.13. The molecule has 6 nitrogen and oxygen atoms in total. The van der Waals surface area contributed by atoms with Crippen molar-refractivity contribution >= 4 is 0 Å². The van der Waals surface area contributed by atoms with Crippen molar-refractivity contribution in [2.75, 3.05) is 13.7 Å². The lowest BCUT2D eigenvalue weighted by molar-refractivity contribution is -0.138. The number of β-amino-alcohol motifs (C(OH)–C–C–N with tert-alkyl or cyclic N) is 1. The third-order valence-corrected chi connectivity index (χ3v) is 4.13. The molecule has 1 saturated heterocycles. The van der Waals surface area contributed by atoms with Gasteiger partial charge in [-0.2, -0.15) is 18.2 Å². The van der Waals surface area contributed by atoms with Crippen molar-refractivity contribution in [3.63, 3.8) is 0 Å². The minimum atomic E-state index is -4.45. The lowest BCUT2D eigenvalue weighted by Crippen LogP contribution is -2.26. The predicted octanol–water partition coefficient (Wildman–Crippen LogP) is 2.54. The molecule has 0 amide bonds. The van der Waals surface area contributed by atoms with Crippen LogP contribution < -0.4 is 0 Å². The van der Waals surface area contributed by atoms with Gasteiger partial charge in [-0.05, 0) is 18.1 Å². The predicted molar refractivity (Wildman–Crippen MR) is 80.2 cm³/mol. The Morgan fingerprint density at radius 3 is 2.84 bits per heavy atom. The number of aromatic nitrogens is 2. The summed E-state index contributed by atoms with van der Waals surface area (Å²) < 4.78 is 49.9. The summed E-state index contributed by atoms with van der Waals surface area (Å²) in [4.78, 5) is 5.86. The molecule has 2 aromatic rings. The van der Waals surface area contributed by atoms with Gasteiger partial charge in [0.25, 0.3) is 0 Å². The van der Waals surface area contributed by atoms with Crippen molar-refractivity contribution in [2.24, 2.45) is 0 Å². The highest BCUT2D eigenvalue weighted by Crippen LogP contribution is 2.40. The summed E-state index contributed by atoms with van der Waals surface area (Å²) in [6.07, 6.45) is -4.95. The lowest BCUT2D eigenvalue weighted by atomic mass is 9.97. The Hall–Kier alpha value is -1.97. The van der Waals surface area contributed by atoms with Gasteiger partial charge in [0.15, 0.2) is 5.82 Å².